The van der Waals surface area contributed by atoms with E-state index in [0.29, 0.717) is 0 Å². The summed E-state index contributed by atoms with van der Waals surface area (Å²) in [7, 11) is 0. The summed E-state index contributed by atoms with van der Waals surface area (Å²) in [5, 5.41) is 0. The lowest BCUT2D eigenvalue weighted by molar-refractivity contribution is 1.38. The quantitative estimate of drug-likeness (QED) is 0.618. The van der Waals surface area contributed by atoms with Gasteiger partial charge >= 0.3 is 0 Å². The molecule has 0 nitrogen and oxygen atoms in total. The monoisotopic (exact) mass is 226 g/mol. The van der Waals surface area contributed by atoms with E-state index in [4.69, 9.17) is 0 Å². The summed E-state index contributed by atoms with van der Waals surface area (Å²) in [5.74, 6) is 0. The van der Waals surface area contributed by atoms with Gasteiger partial charge in [0.1, 0.15) is 0 Å². The third-order valence-electron chi connectivity index (χ3n) is 2.72. The zero-order valence-corrected chi connectivity index (χ0v) is 11.5. The lowest BCUT2D eigenvalue weighted by Crippen LogP contribution is -1.85. The molecule has 17 heavy (non-hydrogen) atoms. The summed E-state index contributed by atoms with van der Waals surface area (Å²) in [6, 6.07) is 15.3. The van der Waals surface area contributed by atoms with Gasteiger partial charge in [-0.15, -0.1) is 0 Å². The maximum Gasteiger partial charge on any atom is -0.0152 e. The van der Waals surface area contributed by atoms with Gasteiger partial charge < -0.3 is 0 Å². The minimum Gasteiger partial charge on any atom is -0.0683 e. The summed E-state index contributed by atoms with van der Waals surface area (Å²) in [4.78, 5) is 0. The molecule has 0 N–H and O–H groups in total. The predicted molar refractivity (Wildman–Crippen MR) is 77.4 cm³/mol. The first-order valence-corrected chi connectivity index (χ1v) is 6.31. The van der Waals surface area contributed by atoms with Crippen LogP contribution in [0, 0.1) is 20.8 Å². The van der Waals surface area contributed by atoms with Crippen LogP contribution >= 0.6 is 0 Å². The molecule has 2 aromatic carbocycles. The molecule has 2 rings (SSSR count). The molecule has 90 valence electrons. The van der Waals surface area contributed by atoms with E-state index in [1.807, 2.05) is 13.8 Å². The number of hydrogen-bond donors (Lipinski definition) is 0. The minimum atomic E-state index is 1.31. The molecule has 0 unspecified atom stereocenters. The molecule has 0 spiro atoms. The Labute approximate surface area is 105 Å². The zero-order valence-electron chi connectivity index (χ0n) is 11.5. The number of aryl methyl sites for hydroxylation is 3. The van der Waals surface area contributed by atoms with E-state index in [2.05, 4.69) is 63.2 Å². The van der Waals surface area contributed by atoms with Gasteiger partial charge in [-0.3, -0.25) is 0 Å². The smallest absolute Gasteiger partial charge is 0.0152 e. The number of benzene rings is 2. The van der Waals surface area contributed by atoms with Crippen molar-refractivity contribution in [3.05, 3.63) is 59.2 Å². The molecule has 0 heterocycles. The molecule has 0 atom stereocenters. The van der Waals surface area contributed by atoms with Crippen molar-refractivity contribution in [3.63, 3.8) is 0 Å². The maximum absolute atomic E-state index is 2.25. The second-order valence-electron chi connectivity index (χ2n) is 4.19. The Bertz CT molecular complexity index is 481. The SMILES string of the molecule is CC.Cc1cccc(-c2cc(C)ccc2C)c1. The summed E-state index contributed by atoms with van der Waals surface area (Å²) < 4.78 is 0. The number of hydrogen-bond acceptors (Lipinski definition) is 0. The van der Waals surface area contributed by atoms with Crippen LogP contribution in [-0.4, -0.2) is 0 Å². The third kappa shape index (κ3) is 3.45. The van der Waals surface area contributed by atoms with Gasteiger partial charge in [-0.25, -0.2) is 0 Å². The Morgan fingerprint density at radius 2 is 1.35 bits per heavy atom. The fourth-order valence-electron chi connectivity index (χ4n) is 1.86. The van der Waals surface area contributed by atoms with Gasteiger partial charge in [-0.2, -0.15) is 0 Å². The van der Waals surface area contributed by atoms with Crippen LogP contribution in [0.1, 0.15) is 30.5 Å². The molecule has 0 heteroatoms. The highest BCUT2D eigenvalue weighted by Crippen LogP contribution is 2.24. The molecule has 0 bridgehead atoms. The molecule has 0 fully saturated rings. The Balaban J connectivity index is 0.000000686. The predicted octanol–water partition coefficient (Wildman–Crippen LogP) is 5.31. The molecule has 2 aromatic rings. The molecule has 0 saturated heterocycles. The lowest BCUT2D eigenvalue weighted by Gasteiger charge is -2.08. The average molecular weight is 226 g/mol. The van der Waals surface area contributed by atoms with Gasteiger partial charge in [0.25, 0.3) is 0 Å². The normalized spacial score (nSPS) is 9.47. The van der Waals surface area contributed by atoms with E-state index < -0.39 is 0 Å². The average Bonchev–Trinajstić information content (AvgIpc) is 2.35. The maximum atomic E-state index is 2.25. The van der Waals surface area contributed by atoms with Crippen molar-refractivity contribution in [2.24, 2.45) is 0 Å². The van der Waals surface area contributed by atoms with Crippen molar-refractivity contribution in [2.75, 3.05) is 0 Å². The van der Waals surface area contributed by atoms with Gasteiger partial charge in [-0.05, 0) is 37.5 Å². The van der Waals surface area contributed by atoms with Crippen molar-refractivity contribution in [1.82, 2.24) is 0 Å². The second-order valence-corrected chi connectivity index (χ2v) is 4.19. The second kappa shape index (κ2) is 6.24. The van der Waals surface area contributed by atoms with E-state index >= 15 is 0 Å². The van der Waals surface area contributed by atoms with Gasteiger partial charge in [0.2, 0.25) is 0 Å². The van der Waals surface area contributed by atoms with Gasteiger partial charge in [0.05, 0.1) is 0 Å². The van der Waals surface area contributed by atoms with Crippen LogP contribution in [0.15, 0.2) is 42.5 Å². The highest BCUT2D eigenvalue weighted by atomic mass is 14.1. The molecule has 0 amide bonds. The molecule has 0 aliphatic heterocycles. The first kappa shape index (κ1) is 13.5. The van der Waals surface area contributed by atoms with Crippen LogP contribution in [0.5, 0.6) is 0 Å². The molecule has 0 aliphatic rings. The molecule has 0 aromatic heterocycles. The third-order valence-corrected chi connectivity index (χ3v) is 2.72. The van der Waals surface area contributed by atoms with Crippen LogP contribution < -0.4 is 0 Å². The fraction of sp³-hybridized carbons (Fsp3) is 0.294. The Morgan fingerprint density at radius 1 is 0.706 bits per heavy atom. The van der Waals surface area contributed by atoms with Gasteiger partial charge in [0.15, 0.2) is 0 Å². The van der Waals surface area contributed by atoms with Crippen molar-refractivity contribution in [3.8, 4) is 11.1 Å². The first-order chi connectivity index (χ1) is 8.16. The van der Waals surface area contributed by atoms with Crippen LogP contribution in [0.25, 0.3) is 11.1 Å². The van der Waals surface area contributed by atoms with E-state index in [9.17, 15) is 0 Å². The summed E-state index contributed by atoms with van der Waals surface area (Å²) in [6.07, 6.45) is 0. The summed E-state index contributed by atoms with van der Waals surface area (Å²) >= 11 is 0. The van der Waals surface area contributed by atoms with Crippen LogP contribution in [0.3, 0.4) is 0 Å². The lowest BCUT2D eigenvalue weighted by atomic mass is 9.97. The van der Waals surface area contributed by atoms with Crippen LogP contribution in [-0.2, 0) is 0 Å². The van der Waals surface area contributed by atoms with E-state index in [-0.39, 0.29) is 0 Å². The Morgan fingerprint density at radius 3 is 2.00 bits per heavy atom. The molecule has 0 aliphatic carbocycles. The Kier molecular flexibility index (Phi) is 4.96. The van der Waals surface area contributed by atoms with Crippen LogP contribution in [0.2, 0.25) is 0 Å². The van der Waals surface area contributed by atoms with Crippen molar-refractivity contribution >= 4 is 0 Å². The van der Waals surface area contributed by atoms with Crippen molar-refractivity contribution in [1.29, 1.82) is 0 Å². The number of rotatable bonds is 1. The molecule has 0 radical (unpaired) electrons. The first-order valence-electron chi connectivity index (χ1n) is 6.31. The summed E-state index contributed by atoms with van der Waals surface area (Å²) in [5.41, 5.74) is 6.63. The van der Waals surface area contributed by atoms with Crippen LogP contribution in [0.4, 0.5) is 0 Å². The van der Waals surface area contributed by atoms with Gasteiger partial charge in [-0.1, -0.05) is 67.4 Å². The fourth-order valence-corrected chi connectivity index (χ4v) is 1.86. The molecular weight excluding hydrogens is 204 g/mol. The van der Waals surface area contributed by atoms with Crippen molar-refractivity contribution < 1.29 is 0 Å². The Hall–Kier alpha value is -1.56. The van der Waals surface area contributed by atoms with E-state index in [0.717, 1.165) is 0 Å². The van der Waals surface area contributed by atoms with E-state index in [1.165, 1.54) is 27.8 Å². The van der Waals surface area contributed by atoms with Crippen molar-refractivity contribution in [2.45, 2.75) is 34.6 Å². The highest BCUT2D eigenvalue weighted by molar-refractivity contribution is 5.68. The van der Waals surface area contributed by atoms with Gasteiger partial charge in [0, 0.05) is 0 Å². The summed E-state index contributed by atoms with van der Waals surface area (Å²) in [6.45, 7) is 10.4. The topological polar surface area (TPSA) is 0 Å². The largest absolute Gasteiger partial charge is 0.0683 e. The minimum absolute atomic E-state index is 1.31. The van der Waals surface area contributed by atoms with E-state index in [1.54, 1.807) is 0 Å². The highest BCUT2D eigenvalue weighted by Gasteiger charge is 2.01. The zero-order chi connectivity index (χ0) is 12.8. The molecule has 0 saturated carbocycles. The molecular formula is C17H22. The standard InChI is InChI=1S/C15H16.C2H6/c1-11-5-4-6-14(9-11)15-10-12(2)7-8-13(15)3;1-2/h4-10H,1-3H3;1-2H3.